The minimum absolute atomic E-state index is 0.132. The quantitative estimate of drug-likeness (QED) is 0.163. The fraction of sp³-hybridized carbons (Fsp3) is 0.786. The summed E-state index contributed by atoms with van der Waals surface area (Å²) in [5.41, 5.74) is 1.66. The summed E-state index contributed by atoms with van der Waals surface area (Å²) in [6, 6.07) is 8.87. The predicted octanol–water partition coefficient (Wildman–Crippen LogP) is 9.60. The fourth-order valence-electron chi connectivity index (χ4n) is 5.28. The molecule has 1 aromatic rings. The highest BCUT2D eigenvalue weighted by molar-refractivity contribution is 14.1. The first kappa shape index (κ1) is 27.9. The van der Waals surface area contributed by atoms with E-state index in [-0.39, 0.29) is 16.4 Å². The van der Waals surface area contributed by atoms with E-state index in [0.29, 0.717) is 0 Å². The van der Waals surface area contributed by atoms with E-state index < -0.39 is 0 Å². The van der Waals surface area contributed by atoms with Crippen LogP contribution in [0.2, 0.25) is 0 Å². The van der Waals surface area contributed by atoms with Gasteiger partial charge < -0.3 is 4.74 Å². The molecule has 0 aromatic heterocycles. The Kier molecular flexibility index (Phi) is 12.5. The third-order valence-electron chi connectivity index (χ3n) is 7.27. The molecule has 1 unspecified atom stereocenters. The molecule has 1 atom stereocenters. The Morgan fingerprint density at radius 1 is 0.733 bits per heavy atom. The highest BCUT2D eigenvalue weighted by atomic mass is 127. The van der Waals surface area contributed by atoms with Crippen molar-refractivity contribution in [1.82, 2.24) is 0 Å². The number of unbranched alkanes of at least 4 members (excludes halogenated alkanes) is 6. The highest BCUT2D eigenvalue weighted by Crippen LogP contribution is 2.55. The average molecular weight is 529 g/mol. The van der Waals surface area contributed by atoms with Gasteiger partial charge in [0.1, 0.15) is 0 Å². The minimum atomic E-state index is -0.132. The van der Waals surface area contributed by atoms with E-state index in [1.165, 1.54) is 73.3 Å². The lowest BCUT2D eigenvalue weighted by Gasteiger charge is -2.55. The van der Waals surface area contributed by atoms with Crippen molar-refractivity contribution in [2.24, 2.45) is 10.8 Å². The van der Waals surface area contributed by atoms with Crippen LogP contribution in [0, 0.1) is 14.4 Å². The average Bonchev–Trinajstić information content (AvgIpc) is 2.67. The smallest absolute Gasteiger partial charge is 0.0687 e. The van der Waals surface area contributed by atoms with Crippen molar-refractivity contribution in [3.8, 4) is 0 Å². The Hall–Kier alpha value is -0.0900. The molecule has 0 heterocycles. The SMILES string of the molecule is CCCCCCCCC(CCCC)(C(C)(C)C)C(C)(C)OCCc1ccc(I)cc1. The van der Waals surface area contributed by atoms with E-state index in [9.17, 15) is 0 Å². The van der Waals surface area contributed by atoms with Crippen LogP contribution in [0.3, 0.4) is 0 Å². The first-order valence-electron chi connectivity index (χ1n) is 12.5. The van der Waals surface area contributed by atoms with E-state index in [4.69, 9.17) is 4.74 Å². The Bertz CT molecular complexity index is 569. The molecular weight excluding hydrogens is 479 g/mol. The first-order valence-corrected chi connectivity index (χ1v) is 13.6. The second-order valence-corrected chi connectivity index (χ2v) is 11.9. The lowest BCUT2D eigenvalue weighted by Crippen LogP contribution is -2.54. The van der Waals surface area contributed by atoms with E-state index in [1.807, 2.05) is 0 Å². The molecule has 0 aliphatic heterocycles. The molecule has 0 aliphatic rings. The van der Waals surface area contributed by atoms with Crippen molar-refractivity contribution in [2.45, 2.75) is 125 Å². The van der Waals surface area contributed by atoms with E-state index in [2.05, 4.69) is 95.3 Å². The summed E-state index contributed by atoms with van der Waals surface area (Å²) in [7, 11) is 0. The molecule has 0 saturated carbocycles. The Morgan fingerprint density at radius 2 is 1.27 bits per heavy atom. The predicted molar refractivity (Wildman–Crippen MR) is 142 cm³/mol. The van der Waals surface area contributed by atoms with Crippen molar-refractivity contribution in [3.63, 3.8) is 0 Å². The molecule has 1 aromatic carbocycles. The maximum absolute atomic E-state index is 6.75. The van der Waals surface area contributed by atoms with Gasteiger partial charge in [-0.3, -0.25) is 0 Å². The van der Waals surface area contributed by atoms with Crippen LogP contribution in [-0.4, -0.2) is 12.2 Å². The summed E-state index contributed by atoms with van der Waals surface area (Å²) >= 11 is 2.37. The largest absolute Gasteiger partial charge is 0.375 e. The lowest BCUT2D eigenvalue weighted by molar-refractivity contribution is -0.166. The number of halogens is 1. The zero-order valence-electron chi connectivity index (χ0n) is 21.1. The summed E-state index contributed by atoms with van der Waals surface area (Å²) < 4.78 is 8.04. The number of hydrogen-bond acceptors (Lipinski definition) is 1. The minimum Gasteiger partial charge on any atom is -0.375 e. The van der Waals surface area contributed by atoms with Gasteiger partial charge in [-0.2, -0.15) is 0 Å². The van der Waals surface area contributed by atoms with Crippen LogP contribution in [0.15, 0.2) is 24.3 Å². The number of benzene rings is 1. The van der Waals surface area contributed by atoms with Crippen molar-refractivity contribution < 1.29 is 4.74 Å². The second kappa shape index (κ2) is 13.5. The van der Waals surface area contributed by atoms with Crippen molar-refractivity contribution >= 4 is 22.6 Å². The molecule has 0 radical (unpaired) electrons. The molecular formula is C28H49IO. The van der Waals surface area contributed by atoms with Gasteiger partial charge in [-0.05, 0) is 78.8 Å². The molecule has 0 bridgehead atoms. The summed E-state index contributed by atoms with van der Waals surface area (Å²) in [6.45, 7) is 17.5. The Balaban J connectivity index is 2.87. The Morgan fingerprint density at radius 3 is 1.83 bits per heavy atom. The molecule has 30 heavy (non-hydrogen) atoms. The van der Waals surface area contributed by atoms with Crippen LogP contribution >= 0.6 is 22.6 Å². The lowest BCUT2D eigenvalue weighted by atomic mass is 9.54. The molecule has 1 nitrogen and oxygen atoms in total. The maximum Gasteiger partial charge on any atom is 0.0687 e. The number of rotatable bonds is 15. The third kappa shape index (κ3) is 8.45. The molecule has 0 amide bonds. The molecule has 0 aliphatic carbocycles. The van der Waals surface area contributed by atoms with Gasteiger partial charge >= 0.3 is 0 Å². The molecule has 0 saturated heterocycles. The molecule has 1 rings (SSSR count). The maximum atomic E-state index is 6.75. The van der Waals surface area contributed by atoms with Gasteiger partial charge in [-0.1, -0.05) is 98.1 Å². The van der Waals surface area contributed by atoms with E-state index in [0.717, 1.165) is 13.0 Å². The van der Waals surface area contributed by atoms with Gasteiger partial charge in [-0.25, -0.2) is 0 Å². The van der Waals surface area contributed by atoms with E-state index in [1.54, 1.807) is 0 Å². The molecule has 0 N–H and O–H groups in total. The summed E-state index contributed by atoms with van der Waals surface area (Å²) in [6.07, 6.45) is 14.3. The van der Waals surface area contributed by atoms with Crippen LogP contribution in [0.5, 0.6) is 0 Å². The molecule has 2 heteroatoms. The van der Waals surface area contributed by atoms with Crippen LogP contribution in [0.4, 0.5) is 0 Å². The van der Waals surface area contributed by atoms with Gasteiger partial charge in [-0.15, -0.1) is 0 Å². The van der Waals surface area contributed by atoms with Gasteiger partial charge in [0, 0.05) is 8.99 Å². The molecule has 0 fully saturated rings. The van der Waals surface area contributed by atoms with Gasteiger partial charge in [0.05, 0.1) is 12.2 Å². The highest BCUT2D eigenvalue weighted by Gasteiger charge is 2.52. The molecule has 174 valence electrons. The summed E-state index contributed by atoms with van der Waals surface area (Å²) in [5, 5.41) is 0. The topological polar surface area (TPSA) is 9.23 Å². The third-order valence-corrected chi connectivity index (χ3v) is 7.99. The number of hydrogen-bond donors (Lipinski definition) is 0. The standard InChI is InChI=1S/C28H49IO/c1-8-10-12-13-14-15-22-28(21-11-9-2,26(3,4)5)27(6,7)30-23-20-24-16-18-25(29)19-17-24/h16-19H,8-15,20-23H2,1-7H3. The monoisotopic (exact) mass is 528 g/mol. The van der Waals surface area contributed by atoms with Crippen LogP contribution in [0.25, 0.3) is 0 Å². The van der Waals surface area contributed by atoms with Gasteiger partial charge in [0.2, 0.25) is 0 Å². The van der Waals surface area contributed by atoms with Gasteiger partial charge in [0.15, 0.2) is 0 Å². The van der Waals surface area contributed by atoms with Crippen molar-refractivity contribution in [1.29, 1.82) is 0 Å². The van der Waals surface area contributed by atoms with Crippen LogP contribution in [-0.2, 0) is 11.2 Å². The van der Waals surface area contributed by atoms with Crippen molar-refractivity contribution in [3.05, 3.63) is 33.4 Å². The summed E-state index contributed by atoms with van der Waals surface area (Å²) in [5.74, 6) is 0. The fourth-order valence-corrected chi connectivity index (χ4v) is 5.64. The van der Waals surface area contributed by atoms with Gasteiger partial charge in [0.25, 0.3) is 0 Å². The Labute approximate surface area is 202 Å². The van der Waals surface area contributed by atoms with Crippen molar-refractivity contribution in [2.75, 3.05) is 6.61 Å². The zero-order chi connectivity index (χ0) is 22.7. The second-order valence-electron chi connectivity index (χ2n) is 10.7. The number of ether oxygens (including phenoxy) is 1. The normalized spacial score (nSPS) is 14.7. The van der Waals surface area contributed by atoms with Crippen LogP contribution < -0.4 is 0 Å². The molecule has 0 spiro atoms. The van der Waals surface area contributed by atoms with E-state index >= 15 is 0 Å². The zero-order valence-corrected chi connectivity index (χ0v) is 23.2. The summed E-state index contributed by atoms with van der Waals surface area (Å²) in [4.78, 5) is 0. The van der Waals surface area contributed by atoms with Crippen LogP contribution in [0.1, 0.15) is 118 Å². The first-order chi connectivity index (χ1) is 14.1.